The van der Waals surface area contributed by atoms with Crippen LogP contribution >= 0.6 is 0 Å². The third-order valence-corrected chi connectivity index (χ3v) is 5.49. The van der Waals surface area contributed by atoms with Gasteiger partial charge in [-0.05, 0) is 55.8 Å². The minimum atomic E-state index is 0.664. The van der Waals surface area contributed by atoms with Crippen LogP contribution in [-0.2, 0) is 12.8 Å². The molecule has 112 valence electrons. The van der Waals surface area contributed by atoms with Crippen molar-refractivity contribution < 1.29 is 0 Å². The summed E-state index contributed by atoms with van der Waals surface area (Å²) in [4.78, 5) is 3.74. The molecule has 4 rings (SSSR count). The number of aromatic amines is 1. The maximum absolute atomic E-state index is 3.78. The number of aromatic nitrogens is 1. The summed E-state index contributed by atoms with van der Waals surface area (Å²) >= 11 is 0. The molecule has 2 aliphatic rings. The number of benzene rings is 1. The van der Waals surface area contributed by atoms with Crippen molar-refractivity contribution in [2.45, 2.75) is 63.8 Å². The summed E-state index contributed by atoms with van der Waals surface area (Å²) in [6.45, 7) is 3.48. The molecule has 2 heterocycles. The van der Waals surface area contributed by atoms with Gasteiger partial charge in [-0.25, -0.2) is 0 Å². The highest BCUT2D eigenvalue weighted by Crippen LogP contribution is 2.42. The van der Waals surface area contributed by atoms with Crippen molar-refractivity contribution in [2.24, 2.45) is 0 Å². The van der Waals surface area contributed by atoms with Gasteiger partial charge >= 0.3 is 0 Å². The lowest BCUT2D eigenvalue weighted by Gasteiger charge is -2.37. The molecule has 2 atom stereocenters. The minimum absolute atomic E-state index is 0.664. The fourth-order valence-corrected chi connectivity index (χ4v) is 4.46. The van der Waals surface area contributed by atoms with Gasteiger partial charge in [0.05, 0.1) is 0 Å². The molecule has 2 heteroatoms. The Morgan fingerprint density at radius 3 is 3.10 bits per heavy atom. The molecule has 2 N–H and O–H groups in total. The highest BCUT2D eigenvalue weighted by molar-refractivity contribution is 5.89. The molecule has 0 amide bonds. The molecule has 21 heavy (non-hydrogen) atoms. The number of piperidine rings is 1. The summed E-state index contributed by atoms with van der Waals surface area (Å²) in [6, 6.07) is 7.55. The molecule has 1 aromatic carbocycles. The van der Waals surface area contributed by atoms with Gasteiger partial charge in [-0.1, -0.05) is 31.9 Å². The molecule has 0 radical (unpaired) electrons. The lowest BCUT2D eigenvalue weighted by molar-refractivity contribution is 0.345. The van der Waals surface area contributed by atoms with E-state index in [-0.39, 0.29) is 0 Å². The van der Waals surface area contributed by atoms with Crippen molar-refractivity contribution in [1.82, 2.24) is 10.3 Å². The molecule has 0 saturated carbocycles. The number of hydrogen-bond acceptors (Lipinski definition) is 1. The standard InChI is InChI=1S/C19H26N2/c1-2-3-4-9-16-15-12-18-13(8-6-11-20-18)14-7-5-10-17(21-16)19(14)15/h5,7,10,13,18,20-21H,2-4,6,8-9,11-12H2,1H3/t13?,18-/m1/s1. The van der Waals surface area contributed by atoms with Gasteiger partial charge in [-0.15, -0.1) is 0 Å². The molecule has 1 aliphatic carbocycles. The van der Waals surface area contributed by atoms with Gasteiger partial charge in [-0.2, -0.15) is 0 Å². The zero-order valence-corrected chi connectivity index (χ0v) is 13.0. The van der Waals surface area contributed by atoms with Crippen molar-refractivity contribution in [2.75, 3.05) is 6.54 Å². The summed E-state index contributed by atoms with van der Waals surface area (Å²) in [5.74, 6) is 0.731. The normalized spacial score (nSPS) is 24.2. The van der Waals surface area contributed by atoms with Crippen LogP contribution in [0.2, 0.25) is 0 Å². The molecule has 2 nitrogen and oxygen atoms in total. The van der Waals surface area contributed by atoms with E-state index < -0.39 is 0 Å². The van der Waals surface area contributed by atoms with Gasteiger partial charge in [-0.3, -0.25) is 0 Å². The number of H-pyrrole nitrogens is 1. The number of rotatable bonds is 4. The first kappa shape index (κ1) is 13.4. The van der Waals surface area contributed by atoms with E-state index in [0.29, 0.717) is 6.04 Å². The molecule has 0 bridgehead atoms. The largest absolute Gasteiger partial charge is 0.358 e. The summed E-state index contributed by atoms with van der Waals surface area (Å²) in [7, 11) is 0. The Labute approximate surface area is 127 Å². The van der Waals surface area contributed by atoms with Crippen LogP contribution in [0.4, 0.5) is 0 Å². The molecule has 2 aromatic rings. The molecular formula is C19H26N2. The summed E-state index contributed by atoms with van der Waals surface area (Å²) in [5.41, 5.74) is 6.10. The fraction of sp³-hybridized carbons (Fsp3) is 0.579. The Bertz CT molecular complexity index is 640. The highest BCUT2D eigenvalue weighted by Gasteiger charge is 2.34. The maximum Gasteiger partial charge on any atom is 0.0461 e. The van der Waals surface area contributed by atoms with Crippen LogP contribution in [0.15, 0.2) is 18.2 Å². The minimum Gasteiger partial charge on any atom is -0.358 e. The average Bonchev–Trinajstić information content (AvgIpc) is 2.87. The number of nitrogens with one attached hydrogen (secondary N) is 2. The van der Waals surface area contributed by atoms with Crippen LogP contribution in [0.25, 0.3) is 10.9 Å². The molecular weight excluding hydrogens is 256 g/mol. The van der Waals surface area contributed by atoms with E-state index in [1.54, 1.807) is 16.5 Å². The van der Waals surface area contributed by atoms with Crippen LogP contribution in [-0.4, -0.2) is 17.6 Å². The van der Waals surface area contributed by atoms with Gasteiger partial charge in [0, 0.05) is 28.6 Å². The lowest BCUT2D eigenvalue weighted by Crippen LogP contribution is -2.43. The van der Waals surface area contributed by atoms with Crippen molar-refractivity contribution in [3.63, 3.8) is 0 Å². The zero-order chi connectivity index (χ0) is 14.2. The van der Waals surface area contributed by atoms with Crippen LogP contribution < -0.4 is 5.32 Å². The van der Waals surface area contributed by atoms with Gasteiger partial charge in [0.1, 0.15) is 0 Å². The second-order valence-corrected chi connectivity index (χ2v) is 6.82. The van der Waals surface area contributed by atoms with Crippen molar-refractivity contribution >= 4 is 10.9 Å². The SMILES string of the molecule is CCCCCc1[nH]c2cccc3c2c1C[C@H]1NCCCC31. The van der Waals surface area contributed by atoms with E-state index in [1.807, 2.05) is 0 Å². The topological polar surface area (TPSA) is 27.8 Å². The first-order chi connectivity index (χ1) is 10.4. The van der Waals surface area contributed by atoms with Crippen LogP contribution in [0.1, 0.15) is 61.8 Å². The number of unbranched alkanes of at least 4 members (excludes halogenated alkanes) is 2. The third kappa shape index (κ3) is 2.20. The van der Waals surface area contributed by atoms with E-state index in [0.717, 1.165) is 5.92 Å². The fourth-order valence-electron chi connectivity index (χ4n) is 4.46. The van der Waals surface area contributed by atoms with Crippen molar-refractivity contribution in [3.8, 4) is 0 Å². The second-order valence-electron chi connectivity index (χ2n) is 6.82. The number of hydrogen-bond donors (Lipinski definition) is 2. The summed E-state index contributed by atoms with van der Waals surface area (Å²) < 4.78 is 0. The Morgan fingerprint density at radius 2 is 2.19 bits per heavy atom. The number of aryl methyl sites for hydroxylation is 1. The molecule has 0 spiro atoms. The first-order valence-corrected chi connectivity index (χ1v) is 8.74. The maximum atomic E-state index is 3.78. The number of fused-ring (bicyclic) bond motifs is 2. The predicted octanol–water partition coefficient (Wildman–Crippen LogP) is 4.29. The van der Waals surface area contributed by atoms with E-state index >= 15 is 0 Å². The van der Waals surface area contributed by atoms with Gasteiger partial charge in [0.25, 0.3) is 0 Å². The van der Waals surface area contributed by atoms with Crippen molar-refractivity contribution in [3.05, 3.63) is 35.0 Å². The zero-order valence-electron chi connectivity index (χ0n) is 13.0. The molecule has 1 aliphatic heterocycles. The quantitative estimate of drug-likeness (QED) is 0.804. The monoisotopic (exact) mass is 282 g/mol. The highest BCUT2D eigenvalue weighted by atomic mass is 14.9. The van der Waals surface area contributed by atoms with Crippen LogP contribution in [0.3, 0.4) is 0 Å². The van der Waals surface area contributed by atoms with Crippen LogP contribution in [0, 0.1) is 0 Å². The Balaban J connectivity index is 1.77. The predicted molar refractivity (Wildman–Crippen MR) is 89.0 cm³/mol. The van der Waals surface area contributed by atoms with Crippen LogP contribution in [0.5, 0.6) is 0 Å². The van der Waals surface area contributed by atoms with Gasteiger partial charge < -0.3 is 10.3 Å². The summed E-state index contributed by atoms with van der Waals surface area (Å²) in [5, 5.41) is 5.34. The molecule has 1 unspecified atom stereocenters. The van der Waals surface area contributed by atoms with Crippen molar-refractivity contribution in [1.29, 1.82) is 0 Å². The molecule has 1 fully saturated rings. The van der Waals surface area contributed by atoms with E-state index in [2.05, 4.69) is 35.4 Å². The molecule has 1 aromatic heterocycles. The average molecular weight is 282 g/mol. The second kappa shape index (κ2) is 5.49. The molecule has 1 saturated heterocycles. The third-order valence-electron chi connectivity index (χ3n) is 5.49. The smallest absolute Gasteiger partial charge is 0.0461 e. The Kier molecular flexibility index (Phi) is 3.50. The Morgan fingerprint density at radius 1 is 1.24 bits per heavy atom. The van der Waals surface area contributed by atoms with Gasteiger partial charge in [0.15, 0.2) is 0 Å². The lowest BCUT2D eigenvalue weighted by atomic mass is 9.75. The van der Waals surface area contributed by atoms with E-state index in [9.17, 15) is 0 Å². The Hall–Kier alpha value is -1.28. The summed E-state index contributed by atoms with van der Waals surface area (Å²) in [6.07, 6.45) is 9.07. The van der Waals surface area contributed by atoms with E-state index in [4.69, 9.17) is 0 Å². The van der Waals surface area contributed by atoms with Gasteiger partial charge in [0.2, 0.25) is 0 Å². The first-order valence-electron chi connectivity index (χ1n) is 8.74. The van der Waals surface area contributed by atoms with E-state index in [1.165, 1.54) is 62.7 Å².